The second-order valence-corrected chi connectivity index (χ2v) is 9.70. The standard InChI is InChI=1S/C20H26N2O3S/c1-14-7-12-17(26(24,25)22(5)6)13-18(14)21-19(23)15-8-10-16(11-9-15)20(2,3)4/h7-13H,1-6H3,(H,21,23). The molecular weight excluding hydrogens is 348 g/mol. The van der Waals surface area contributed by atoms with Crippen molar-refractivity contribution in [2.75, 3.05) is 19.4 Å². The van der Waals surface area contributed by atoms with E-state index in [2.05, 4.69) is 26.1 Å². The average molecular weight is 375 g/mol. The van der Waals surface area contributed by atoms with Gasteiger partial charge >= 0.3 is 0 Å². The van der Waals surface area contributed by atoms with E-state index < -0.39 is 10.0 Å². The summed E-state index contributed by atoms with van der Waals surface area (Å²) < 4.78 is 25.7. The van der Waals surface area contributed by atoms with Gasteiger partial charge in [0.2, 0.25) is 10.0 Å². The lowest BCUT2D eigenvalue weighted by molar-refractivity contribution is 0.102. The molecule has 0 radical (unpaired) electrons. The molecule has 0 fully saturated rings. The van der Waals surface area contributed by atoms with Gasteiger partial charge in [0.05, 0.1) is 4.90 Å². The van der Waals surface area contributed by atoms with E-state index >= 15 is 0 Å². The highest BCUT2D eigenvalue weighted by atomic mass is 32.2. The molecule has 0 aliphatic rings. The minimum atomic E-state index is -3.56. The molecule has 0 aromatic heterocycles. The first kappa shape index (κ1) is 20.1. The van der Waals surface area contributed by atoms with Gasteiger partial charge in [0, 0.05) is 25.3 Å². The minimum Gasteiger partial charge on any atom is -0.322 e. The van der Waals surface area contributed by atoms with E-state index in [4.69, 9.17) is 0 Å². The Balaban J connectivity index is 2.29. The Morgan fingerprint density at radius 1 is 1.00 bits per heavy atom. The van der Waals surface area contributed by atoms with Gasteiger partial charge in [-0.25, -0.2) is 12.7 Å². The fourth-order valence-electron chi connectivity index (χ4n) is 2.42. The van der Waals surface area contributed by atoms with Gasteiger partial charge in [-0.1, -0.05) is 39.0 Å². The minimum absolute atomic E-state index is 0.0143. The van der Waals surface area contributed by atoms with Crippen LogP contribution >= 0.6 is 0 Å². The number of aryl methyl sites for hydroxylation is 1. The third-order valence-corrected chi connectivity index (χ3v) is 6.06. The van der Waals surface area contributed by atoms with E-state index in [0.29, 0.717) is 11.3 Å². The molecule has 0 saturated heterocycles. The Labute approximate surface area is 156 Å². The number of nitrogens with one attached hydrogen (secondary N) is 1. The van der Waals surface area contributed by atoms with Crippen molar-refractivity contribution in [2.45, 2.75) is 38.0 Å². The molecule has 140 valence electrons. The molecule has 2 rings (SSSR count). The lowest BCUT2D eigenvalue weighted by Crippen LogP contribution is -2.22. The molecule has 1 N–H and O–H groups in total. The van der Waals surface area contributed by atoms with Crippen LogP contribution in [0, 0.1) is 6.92 Å². The number of anilines is 1. The van der Waals surface area contributed by atoms with E-state index in [1.54, 1.807) is 24.3 Å². The Morgan fingerprint density at radius 2 is 1.58 bits per heavy atom. The zero-order chi connectivity index (χ0) is 19.7. The zero-order valence-electron chi connectivity index (χ0n) is 16.1. The monoisotopic (exact) mass is 374 g/mol. The SMILES string of the molecule is Cc1ccc(S(=O)(=O)N(C)C)cc1NC(=O)c1ccc(C(C)(C)C)cc1. The van der Waals surface area contributed by atoms with Crippen molar-refractivity contribution in [2.24, 2.45) is 0 Å². The molecule has 0 heterocycles. The number of carbonyl (C=O) groups excluding carboxylic acids is 1. The van der Waals surface area contributed by atoms with Crippen LogP contribution in [0.25, 0.3) is 0 Å². The maximum atomic E-state index is 12.6. The molecule has 0 spiro atoms. The fourth-order valence-corrected chi connectivity index (χ4v) is 3.35. The molecule has 0 aliphatic carbocycles. The summed E-state index contributed by atoms with van der Waals surface area (Å²) in [5.74, 6) is -0.270. The van der Waals surface area contributed by atoms with Gasteiger partial charge in [-0.2, -0.15) is 0 Å². The van der Waals surface area contributed by atoms with Crippen LogP contribution < -0.4 is 5.32 Å². The lowest BCUT2D eigenvalue weighted by Gasteiger charge is -2.19. The molecule has 0 bridgehead atoms. The van der Waals surface area contributed by atoms with Crippen LogP contribution in [-0.2, 0) is 15.4 Å². The molecule has 2 aromatic carbocycles. The van der Waals surface area contributed by atoms with E-state index in [-0.39, 0.29) is 16.2 Å². The molecule has 6 heteroatoms. The number of hydrogen-bond donors (Lipinski definition) is 1. The summed E-state index contributed by atoms with van der Waals surface area (Å²) in [7, 11) is -0.604. The maximum absolute atomic E-state index is 12.6. The van der Waals surface area contributed by atoms with Gasteiger partial charge < -0.3 is 5.32 Å². The quantitative estimate of drug-likeness (QED) is 0.885. The van der Waals surface area contributed by atoms with Crippen LogP contribution in [-0.4, -0.2) is 32.7 Å². The van der Waals surface area contributed by atoms with Crippen LogP contribution in [0.15, 0.2) is 47.4 Å². The lowest BCUT2D eigenvalue weighted by atomic mass is 9.87. The summed E-state index contributed by atoms with van der Waals surface area (Å²) in [6.45, 7) is 8.16. The van der Waals surface area contributed by atoms with Crippen molar-refractivity contribution in [3.63, 3.8) is 0 Å². The number of amides is 1. The van der Waals surface area contributed by atoms with Crippen molar-refractivity contribution in [3.05, 3.63) is 59.2 Å². The molecular formula is C20H26N2O3S. The first-order valence-electron chi connectivity index (χ1n) is 8.38. The largest absolute Gasteiger partial charge is 0.322 e. The van der Waals surface area contributed by atoms with Crippen molar-refractivity contribution in [1.82, 2.24) is 4.31 Å². The zero-order valence-corrected chi connectivity index (χ0v) is 16.9. The van der Waals surface area contributed by atoms with Crippen molar-refractivity contribution < 1.29 is 13.2 Å². The summed E-state index contributed by atoms with van der Waals surface area (Å²) in [5.41, 5.74) is 2.96. The average Bonchev–Trinajstić information content (AvgIpc) is 2.55. The summed E-state index contributed by atoms with van der Waals surface area (Å²) in [6.07, 6.45) is 0. The smallest absolute Gasteiger partial charge is 0.255 e. The Kier molecular flexibility index (Phi) is 5.58. The van der Waals surface area contributed by atoms with Gasteiger partial charge in [0.1, 0.15) is 0 Å². The van der Waals surface area contributed by atoms with Gasteiger partial charge in [0.25, 0.3) is 5.91 Å². The van der Waals surface area contributed by atoms with Crippen molar-refractivity contribution in [1.29, 1.82) is 0 Å². The number of hydrogen-bond acceptors (Lipinski definition) is 3. The third-order valence-electron chi connectivity index (χ3n) is 4.25. The number of benzene rings is 2. The summed E-state index contributed by atoms with van der Waals surface area (Å²) >= 11 is 0. The van der Waals surface area contributed by atoms with Gasteiger partial charge in [-0.05, 0) is 47.7 Å². The highest BCUT2D eigenvalue weighted by molar-refractivity contribution is 7.89. The van der Waals surface area contributed by atoms with E-state index in [1.807, 2.05) is 19.1 Å². The summed E-state index contributed by atoms with van der Waals surface area (Å²) in [5, 5.41) is 2.81. The van der Waals surface area contributed by atoms with Gasteiger partial charge in [0.15, 0.2) is 0 Å². The third kappa shape index (κ3) is 4.31. The molecule has 1 amide bonds. The van der Waals surface area contributed by atoms with Gasteiger partial charge in [-0.3, -0.25) is 4.79 Å². The maximum Gasteiger partial charge on any atom is 0.255 e. The molecule has 5 nitrogen and oxygen atoms in total. The van der Waals surface area contributed by atoms with Gasteiger partial charge in [-0.15, -0.1) is 0 Å². The Bertz CT molecular complexity index is 909. The van der Waals surface area contributed by atoms with Crippen molar-refractivity contribution >= 4 is 21.6 Å². The second-order valence-electron chi connectivity index (χ2n) is 7.55. The first-order chi connectivity index (χ1) is 11.9. The number of sulfonamides is 1. The van der Waals surface area contributed by atoms with Crippen LogP contribution in [0.5, 0.6) is 0 Å². The highest BCUT2D eigenvalue weighted by Gasteiger charge is 2.19. The number of carbonyl (C=O) groups is 1. The summed E-state index contributed by atoms with van der Waals surface area (Å²) in [6, 6.07) is 12.2. The molecule has 2 aromatic rings. The van der Waals surface area contributed by atoms with E-state index in [0.717, 1.165) is 15.4 Å². The predicted octanol–water partition coefficient (Wildman–Crippen LogP) is 3.80. The van der Waals surface area contributed by atoms with E-state index in [1.165, 1.54) is 20.2 Å². The topological polar surface area (TPSA) is 66.5 Å². The molecule has 0 saturated carbocycles. The normalized spacial score (nSPS) is 12.3. The van der Waals surface area contributed by atoms with Crippen LogP contribution in [0.4, 0.5) is 5.69 Å². The molecule has 0 atom stereocenters. The van der Waals surface area contributed by atoms with Crippen LogP contribution in [0.1, 0.15) is 42.3 Å². The van der Waals surface area contributed by atoms with Crippen molar-refractivity contribution in [3.8, 4) is 0 Å². The molecule has 0 aliphatic heterocycles. The predicted molar refractivity (Wildman–Crippen MR) is 105 cm³/mol. The van der Waals surface area contributed by atoms with Crippen LogP contribution in [0.2, 0.25) is 0 Å². The number of rotatable bonds is 4. The number of nitrogens with zero attached hydrogens (tertiary/aromatic N) is 1. The Morgan fingerprint density at radius 3 is 2.08 bits per heavy atom. The summed E-state index contributed by atoms with van der Waals surface area (Å²) in [4.78, 5) is 12.7. The fraction of sp³-hybridized carbons (Fsp3) is 0.350. The molecule has 26 heavy (non-hydrogen) atoms. The second kappa shape index (κ2) is 7.21. The first-order valence-corrected chi connectivity index (χ1v) is 9.82. The Hall–Kier alpha value is -2.18. The highest BCUT2D eigenvalue weighted by Crippen LogP contribution is 2.24. The van der Waals surface area contributed by atoms with Crippen LogP contribution in [0.3, 0.4) is 0 Å². The van der Waals surface area contributed by atoms with E-state index in [9.17, 15) is 13.2 Å². The molecule has 0 unspecified atom stereocenters.